The van der Waals surface area contributed by atoms with Crippen LogP contribution >= 0.6 is 15.9 Å². The van der Waals surface area contributed by atoms with Gasteiger partial charge >= 0.3 is 0 Å². The molecule has 15 heteroatoms. The van der Waals surface area contributed by atoms with Gasteiger partial charge in [-0.2, -0.15) is 8.61 Å². The van der Waals surface area contributed by atoms with Crippen LogP contribution in [0.25, 0.3) is 12.2 Å². The Kier molecular flexibility index (Phi) is 14.2. The molecule has 0 saturated carbocycles. The van der Waals surface area contributed by atoms with E-state index < -0.39 is 20.0 Å². The Morgan fingerprint density at radius 3 is 1.55 bits per heavy atom. The molecule has 2 saturated heterocycles. The summed E-state index contributed by atoms with van der Waals surface area (Å²) in [4.78, 5) is 0.610. The van der Waals surface area contributed by atoms with Gasteiger partial charge in [0.15, 0.2) is 25.1 Å². The monoisotopic (exact) mass is 754 g/mol. The number of ether oxygens (including phenoxy) is 6. The first-order valence-corrected chi connectivity index (χ1v) is 18.4. The van der Waals surface area contributed by atoms with Crippen LogP contribution in [0.1, 0.15) is 11.1 Å². The number of hydrogen-bond donors (Lipinski definition) is 0. The maximum Gasteiger partial charge on any atom is 0.243 e. The number of halogens is 1. The van der Waals surface area contributed by atoms with Crippen LogP contribution in [-0.4, -0.2) is 106 Å². The molecule has 0 spiro atoms. The molecular weight excluding hydrogens is 716 g/mol. The maximum atomic E-state index is 12.7. The predicted molar refractivity (Wildman–Crippen MR) is 180 cm³/mol. The molecule has 256 valence electrons. The highest BCUT2D eigenvalue weighted by Gasteiger charge is 2.27. The van der Waals surface area contributed by atoms with Crippen molar-refractivity contribution in [3.8, 4) is 11.5 Å². The molecule has 5 rings (SSSR count). The number of methoxy groups -OCH3 is 2. The number of rotatable bonds is 12. The van der Waals surface area contributed by atoms with E-state index in [0.29, 0.717) is 69.0 Å². The summed E-state index contributed by atoms with van der Waals surface area (Å²) in [6.07, 6.45) is 3.81. The van der Waals surface area contributed by atoms with Gasteiger partial charge in [0.05, 0.1) is 36.2 Å². The van der Waals surface area contributed by atoms with Crippen molar-refractivity contribution < 1.29 is 45.3 Å². The lowest BCUT2D eigenvalue weighted by atomic mass is 10.1. The van der Waals surface area contributed by atoms with Crippen molar-refractivity contribution >= 4 is 48.1 Å². The molecule has 0 radical (unpaired) electrons. The second kappa shape index (κ2) is 18.1. The third-order valence-electron chi connectivity index (χ3n) is 7.01. The number of nitrogens with zero attached hydrogens (tertiary/aromatic N) is 2. The van der Waals surface area contributed by atoms with Crippen LogP contribution in [0, 0.1) is 0 Å². The van der Waals surface area contributed by atoms with Crippen LogP contribution in [0.3, 0.4) is 0 Å². The molecule has 2 fully saturated rings. The third kappa shape index (κ3) is 10.6. The fraction of sp³-hybridized carbons (Fsp3) is 0.375. The molecule has 3 aromatic rings. The summed E-state index contributed by atoms with van der Waals surface area (Å²) in [7, 11) is -3.75. The Labute approximate surface area is 285 Å². The van der Waals surface area contributed by atoms with Crippen molar-refractivity contribution in [3.05, 3.63) is 82.3 Å². The van der Waals surface area contributed by atoms with E-state index in [1.54, 1.807) is 68.8 Å². The van der Waals surface area contributed by atoms with Crippen molar-refractivity contribution in [3.63, 3.8) is 0 Å². The number of benzene rings is 3. The Bertz CT molecular complexity index is 1660. The van der Waals surface area contributed by atoms with Crippen molar-refractivity contribution in [2.75, 3.05) is 80.4 Å². The van der Waals surface area contributed by atoms with Gasteiger partial charge in [-0.3, -0.25) is 0 Å². The molecule has 0 amide bonds. The summed E-state index contributed by atoms with van der Waals surface area (Å²) in [6.45, 7) is 3.59. The van der Waals surface area contributed by atoms with Crippen LogP contribution in [0.2, 0.25) is 0 Å². The molecule has 2 heterocycles. The summed E-state index contributed by atoms with van der Waals surface area (Å²) >= 11 is 3.28. The topological polar surface area (TPSA) is 130 Å². The van der Waals surface area contributed by atoms with Crippen LogP contribution in [0.15, 0.2) is 81.0 Å². The summed E-state index contributed by atoms with van der Waals surface area (Å²) < 4.78 is 84.9. The zero-order valence-corrected chi connectivity index (χ0v) is 29.5. The minimum atomic E-state index is -3.50. The average molecular weight is 756 g/mol. The van der Waals surface area contributed by atoms with E-state index in [4.69, 9.17) is 28.4 Å². The molecule has 12 nitrogen and oxygen atoms in total. The smallest absolute Gasteiger partial charge is 0.243 e. The largest absolute Gasteiger partial charge is 0.464 e. The molecule has 0 atom stereocenters. The van der Waals surface area contributed by atoms with Crippen LogP contribution in [0.4, 0.5) is 0 Å². The van der Waals surface area contributed by atoms with E-state index in [1.165, 1.54) is 8.61 Å². The number of sulfonamides is 2. The second-order valence-electron chi connectivity index (χ2n) is 10.2. The molecule has 47 heavy (non-hydrogen) atoms. The van der Waals surface area contributed by atoms with Gasteiger partial charge in [-0.05, 0) is 59.7 Å². The number of hydrogen-bond acceptors (Lipinski definition) is 10. The minimum absolute atomic E-state index is 0.0928. The SMILES string of the molecule is COCOc1ccc(/C=C/c2ccc(S(=O)(=O)N3CCOCC3)cc2)cc1OCOC.O=S(=O)(c1ccc(Br)cc1)N1CCOCC1. The highest BCUT2D eigenvalue weighted by Crippen LogP contribution is 2.29. The molecular formula is C32H39BrN2O10S2. The molecule has 0 aliphatic carbocycles. The van der Waals surface area contributed by atoms with Gasteiger partial charge in [0.2, 0.25) is 20.0 Å². The van der Waals surface area contributed by atoms with Crippen LogP contribution in [-0.2, 0) is 39.0 Å². The lowest BCUT2D eigenvalue weighted by Gasteiger charge is -2.26. The first-order chi connectivity index (χ1) is 22.6. The lowest BCUT2D eigenvalue weighted by molar-refractivity contribution is 0.0322. The van der Waals surface area contributed by atoms with Crippen molar-refractivity contribution in [1.82, 2.24) is 8.61 Å². The fourth-order valence-electron chi connectivity index (χ4n) is 4.53. The quantitative estimate of drug-likeness (QED) is 0.195. The van der Waals surface area contributed by atoms with Gasteiger partial charge in [-0.25, -0.2) is 16.8 Å². The normalized spacial score (nSPS) is 16.4. The maximum absolute atomic E-state index is 12.7. The van der Waals surface area contributed by atoms with E-state index in [2.05, 4.69) is 15.9 Å². The molecule has 0 unspecified atom stereocenters. The van der Waals surface area contributed by atoms with Gasteiger partial charge in [0.1, 0.15) is 0 Å². The number of morpholine rings is 2. The van der Waals surface area contributed by atoms with Crippen molar-refractivity contribution in [1.29, 1.82) is 0 Å². The minimum Gasteiger partial charge on any atom is -0.464 e. The first-order valence-electron chi connectivity index (χ1n) is 14.7. The summed E-state index contributed by atoms with van der Waals surface area (Å²) in [5.41, 5.74) is 1.76. The Morgan fingerprint density at radius 2 is 1.06 bits per heavy atom. The van der Waals surface area contributed by atoms with Gasteiger partial charge in [0.25, 0.3) is 0 Å². The van der Waals surface area contributed by atoms with Gasteiger partial charge in [0, 0.05) is 44.9 Å². The van der Waals surface area contributed by atoms with Crippen molar-refractivity contribution in [2.24, 2.45) is 0 Å². The van der Waals surface area contributed by atoms with E-state index in [1.807, 2.05) is 24.3 Å². The zero-order chi connectivity index (χ0) is 33.7. The molecule has 0 N–H and O–H groups in total. The Hall–Kier alpha value is -2.86. The van der Waals surface area contributed by atoms with Crippen LogP contribution in [0.5, 0.6) is 11.5 Å². The Morgan fingerprint density at radius 1 is 0.638 bits per heavy atom. The lowest BCUT2D eigenvalue weighted by Crippen LogP contribution is -2.40. The molecule has 2 aliphatic heterocycles. The third-order valence-corrected chi connectivity index (χ3v) is 11.4. The highest BCUT2D eigenvalue weighted by molar-refractivity contribution is 9.10. The second-order valence-corrected chi connectivity index (χ2v) is 15.0. The predicted octanol–water partition coefficient (Wildman–Crippen LogP) is 4.31. The zero-order valence-electron chi connectivity index (χ0n) is 26.2. The standard InChI is InChI=1S/C22H27NO7S.C10H12BrNO3S/c1-26-16-29-21-10-7-19(15-22(21)30-17-27-2)4-3-18-5-8-20(9-6-18)31(24,25)23-11-13-28-14-12-23;11-9-1-3-10(4-2-9)16(13,14)12-5-7-15-8-6-12/h3-10,15H,11-14,16-17H2,1-2H3;1-4H,5-8H2/b4-3+;. The molecule has 3 aromatic carbocycles. The van der Waals surface area contributed by atoms with Gasteiger partial charge < -0.3 is 28.4 Å². The first kappa shape index (κ1) is 37.0. The van der Waals surface area contributed by atoms with Crippen molar-refractivity contribution in [2.45, 2.75) is 9.79 Å². The molecule has 0 bridgehead atoms. The van der Waals surface area contributed by atoms with Gasteiger partial charge in [-0.1, -0.05) is 46.3 Å². The molecule has 2 aliphatic rings. The molecule has 0 aromatic heterocycles. The fourth-order valence-corrected chi connectivity index (χ4v) is 7.61. The van der Waals surface area contributed by atoms with E-state index in [9.17, 15) is 16.8 Å². The van der Waals surface area contributed by atoms with E-state index >= 15 is 0 Å². The van der Waals surface area contributed by atoms with E-state index in [0.717, 1.165) is 15.6 Å². The average Bonchev–Trinajstić information content (AvgIpc) is 3.10. The van der Waals surface area contributed by atoms with E-state index in [-0.39, 0.29) is 18.5 Å². The highest BCUT2D eigenvalue weighted by atomic mass is 79.9. The Balaban J connectivity index is 0.000000261. The summed E-state index contributed by atoms with van der Waals surface area (Å²) in [5, 5.41) is 0. The summed E-state index contributed by atoms with van der Waals surface area (Å²) in [6, 6.07) is 19.0. The van der Waals surface area contributed by atoms with Gasteiger partial charge in [-0.15, -0.1) is 0 Å². The summed E-state index contributed by atoms with van der Waals surface area (Å²) in [5.74, 6) is 1.08. The van der Waals surface area contributed by atoms with Crippen LogP contribution < -0.4 is 9.47 Å².